The van der Waals surface area contributed by atoms with Crippen LogP contribution in [0.5, 0.6) is 0 Å². The van der Waals surface area contributed by atoms with Gasteiger partial charge in [-0.15, -0.1) is 0 Å². The first-order valence-electron chi connectivity index (χ1n) is 4.99. The van der Waals surface area contributed by atoms with Crippen molar-refractivity contribution in [2.75, 3.05) is 6.61 Å². The van der Waals surface area contributed by atoms with Gasteiger partial charge in [-0.2, -0.15) is 0 Å². The lowest BCUT2D eigenvalue weighted by Gasteiger charge is -2.06. The van der Waals surface area contributed by atoms with Crippen molar-refractivity contribution < 1.29 is 23.2 Å². The van der Waals surface area contributed by atoms with Gasteiger partial charge in [0.2, 0.25) is 0 Å². The van der Waals surface area contributed by atoms with Gasteiger partial charge in [-0.1, -0.05) is 0 Å². The van der Waals surface area contributed by atoms with Crippen LogP contribution in [-0.2, 0) is 4.74 Å². The van der Waals surface area contributed by atoms with E-state index in [1.165, 1.54) is 13.8 Å². The Labute approximate surface area is 101 Å². The summed E-state index contributed by atoms with van der Waals surface area (Å²) in [5.74, 6) is -1.83. The number of carbonyl (C=O) groups is 1. The SMILES string of the molecule is CCOC(=O)c1cc(C(F)F)c(C)nc1[N+](=O)[O-]. The second-order valence-corrected chi connectivity index (χ2v) is 3.31. The standard InChI is InChI=1S/C10H10F2N2O4/c1-3-18-10(15)7-4-6(8(11)12)5(2)13-9(7)14(16)17/h4,8H,3H2,1-2H3. The van der Waals surface area contributed by atoms with Crippen LogP contribution < -0.4 is 0 Å². The Morgan fingerprint density at radius 3 is 2.67 bits per heavy atom. The van der Waals surface area contributed by atoms with Gasteiger partial charge in [0.25, 0.3) is 6.43 Å². The van der Waals surface area contributed by atoms with Gasteiger partial charge in [-0.3, -0.25) is 0 Å². The molecule has 0 aliphatic heterocycles. The van der Waals surface area contributed by atoms with Gasteiger partial charge in [0, 0.05) is 6.92 Å². The molecule has 6 nitrogen and oxygen atoms in total. The third-order valence-corrected chi connectivity index (χ3v) is 2.14. The van der Waals surface area contributed by atoms with Gasteiger partial charge in [-0.25, -0.2) is 13.6 Å². The van der Waals surface area contributed by atoms with E-state index in [0.717, 1.165) is 6.07 Å². The number of nitro groups is 1. The average molecular weight is 260 g/mol. The molecule has 0 aliphatic rings. The lowest BCUT2D eigenvalue weighted by molar-refractivity contribution is -0.390. The summed E-state index contributed by atoms with van der Waals surface area (Å²) in [5.41, 5.74) is -1.28. The van der Waals surface area contributed by atoms with E-state index < -0.39 is 34.3 Å². The number of aromatic nitrogens is 1. The van der Waals surface area contributed by atoms with Crippen LogP contribution in [0.2, 0.25) is 0 Å². The monoisotopic (exact) mass is 260 g/mol. The van der Waals surface area contributed by atoms with E-state index in [2.05, 4.69) is 9.72 Å². The molecule has 8 heteroatoms. The highest BCUT2D eigenvalue weighted by molar-refractivity contribution is 5.93. The Morgan fingerprint density at radius 2 is 2.22 bits per heavy atom. The third kappa shape index (κ3) is 2.76. The van der Waals surface area contributed by atoms with Crippen LogP contribution in [0.25, 0.3) is 0 Å². The Morgan fingerprint density at radius 1 is 1.61 bits per heavy atom. The van der Waals surface area contributed by atoms with Gasteiger partial charge >= 0.3 is 11.8 Å². The van der Waals surface area contributed by atoms with Gasteiger partial charge < -0.3 is 14.9 Å². The number of aryl methyl sites for hydroxylation is 1. The number of rotatable bonds is 4. The molecule has 0 fully saturated rings. The van der Waals surface area contributed by atoms with Gasteiger partial charge in [0.05, 0.1) is 12.2 Å². The van der Waals surface area contributed by atoms with Crippen LogP contribution in [0.1, 0.15) is 35.0 Å². The molecule has 0 amide bonds. The number of alkyl halides is 2. The Balaban J connectivity index is 3.40. The van der Waals surface area contributed by atoms with Crippen LogP contribution in [0.4, 0.5) is 14.6 Å². The molecule has 1 rings (SSSR count). The summed E-state index contributed by atoms with van der Waals surface area (Å²) in [6.45, 7) is 2.69. The molecule has 1 heterocycles. The summed E-state index contributed by atoms with van der Waals surface area (Å²) in [7, 11) is 0. The number of carbonyl (C=O) groups excluding carboxylic acids is 1. The minimum Gasteiger partial charge on any atom is -0.462 e. The normalized spacial score (nSPS) is 10.5. The first kappa shape index (κ1) is 13.9. The molecule has 1 aromatic heterocycles. The number of halogens is 2. The fourth-order valence-electron chi connectivity index (χ4n) is 1.33. The molecule has 1 aromatic rings. The zero-order chi connectivity index (χ0) is 13.9. The Bertz CT molecular complexity index is 491. The van der Waals surface area contributed by atoms with Crippen molar-refractivity contribution in [3.63, 3.8) is 0 Å². The van der Waals surface area contributed by atoms with Crippen molar-refractivity contribution in [1.29, 1.82) is 0 Å². The topological polar surface area (TPSA) is 82.3 Å². The molecule has 18 heavy (non-hydrogen) atoms. The second-order valence-electron chi connectivity index (χ2n) is 3.31. The third-order valence-electron chi connectivity index (χ3n) is 2.14. The number of esters is 1. The zero-order valence-corrected chi connectivity index (χ0v) is 9.65. The van der Waals surface area contributed by atoms with E-state index in [1.807, 2.05) is 0 Å². The molecule has 0 aliphatic carbocycles. The predicted molar refractivity (Wildman–Crippen MR) is 56.5 cm³/mol. The summed E-state index contributed by atoms with van der Waals surface area (Å²) < 4.78 is 29.8. The van der Waals surface area contributed by atoms with Crippen LogP contribution >= 0.6 is 0 Å². The molecular formula is C10H10F2N2O4. The molecular weight excluding hydrogens is 250 g/mol. The lowest BCUT2D eigenvalue weighted by atomic mass is 10.1. The first-order chi connectivity index (χ1) is 8.38. The number of hydrogen-bond acceptors (Lipinski definition) is 5. The summed E-state index contributed by atoms with van der Waals surface area (Å²) in [5, 5.41) is 10.7. The molecule has 0 N–H and O–H groups in total. The van der Waals surface area contributed by atoms with Crippen molar-refractivity contribution >= 4 is 11.8 Å². The fourth-order valence-corrected chi connectivity index (χ4v) is 1.33. The van der Waals surface area contributed by atoms with Crippen molar-refractivity contribution in [3.8, 4) is 0 Å². The molecule has 0 unspecified atom stereocenters. The highest BCUT2D eigenvalue weighted by Crippen LogP contribution is 2.27. The summed E-state index contributed by atoms with van der Waals surface area (Å²) in [6, 6.07) is 0.753. The quantitative estimate of drug-likeness (QED) is 0.471. The molecule has 98 valence electrons. The zero-order valence-electron chi connectivity index (χ0n) is 9.65. The van der Waals surface area contributed by atoms with Crippen LogP contribution in [-0.4, -0.2) is 22.5 Å². The second kappa shape index (κ2) is 5.48. The Kier molecular flexibility index (Phi) is 4.24. The maximum Gasteiger partial charge on any atom is 0.378 e. The van der Waals surface area contributed by atoms with E-state index in [-0.39, 0.29) is 12.3 Å². The van der Waals surface area contributed by atoms with E-state index >= 15 is 0 Å². The van der Waals surface area contributed by atoms with E-state index in [1.54, 1.807) is 0 Å². The number of ether oxygens (including phenoxy) is 1. The summed E-state index contributed by atoms with van der Waals surface area (Å²) in [6.07, 6.45) is -2.87. The van der Waals surface area contributed by atoms with Gasteiger partial charge in [0.1, 0.15) is 0 Å². The largest absolute Gasteiger partial charge is 0.462 e. The molecule has 0 saturated heterocycles. The molecule has 0 bridgehead atoms. The molecule has 0 saturated carbocycles. The average Bonchev–Trinajstić information content (AvgIpc) is 2.28. The van der Waals surface area contributed by atoms with Crippen molar-refractivity contribution in [3.05, 3.63) is 33.0 Å². The van der Waals surface area contributed by atoms with Gasteiger partial charge in [0.15, 0.2) is 11.3 Å². The van der Waals surface area contributed by atoms with E-state index in [4.69, 9.17) is 0 Å². The maximum atomic E-state index is 12.6. The van der Waals surface area contributed by atoms with Crippen LogP contribution in [0, 0.1) is 17.0 Å². The predicted octanol–water partition coefficient (Wildman–Crippen LogP) is 2.41. The Hall–Kier alpha value is -2.12. The highest BCUT2D eigenvalue weighted by atomic mass is 19.3. The van der Waals surface area contributed by atoms with E-state index in [0.29, 0.717) is 0 Å². The molecule has 0 atom stereocenters. The maximum absolute atomic E-state index is 12.6. The highest BCUT2D eigenvalue weighted by Gasteiger charge is 2.28. The number of nitrogens with zero attached hydrogens (tertiary/aromatic N) is 2. The van der Waals surface area contributed by atoms with Crippen molar-refractivity contribution in [2.45, 2.75) is 20.3 Å². The number of pyridine rings is 1. The smallest absolute Gasteiger partial charge is 0.378 e. The van der Waals surface area contributed by atoms with Gasteiger partial charge in [-0.05, 0) is 22.9 Å². The molecule has 0 spiro atoms. The minimum atomic E-state index is -2.87. The molecule has 0 radical (unpaired) electrons. The van der Waals surface area contributed by atoms with E-state index in [9.17, 15) is 23.7 Å². The molecule has 0 aromatic carbocycles. The van der Waals surface area contributed by atoms with Crippen molar-refractivity contribution in [2.24, 2.45) is 0 Å². The summed E-state index contributed by atoms with van der Waals surface area (Å²) in [4.78, 5) is 24.7. The van der Waals surface area contributed by atoms with Crippen LogP contribution in [0.3, 0.4) is 0 Å². The van der Waals surface area contributed by atoms with Crippen LogP contribution in [0.15, 0.2) is 6.07 Å². The summed E-state index contributed by atoms with van der Waals surface area (Å²) >= 11 is 0. The van der Waals surface area contributed by atoms with Crippen molar-refractivity contribution in [1.82, 2.24) is 4.98 Å². The number of hydrogen-bond donors (Lipinski definition) is 0. The fraction of sp³-hybridized carbons (Fsp3) is 0.400. The first-order valence-corrected chi connectivity index (χ1v) is 4.99. The minimum absolute atomic E-state index is 0.0200. The lowest BCUT2D eigenvalue weighted by Crippen LogP contribution is -2.11.